The van der Waals surface area contributed by atoms with E-state index in [1.807, 2.05) is 74.5 Å². The SMILES string of the molecule is CCc1ccc(OCCC(=O)Nc2cc(C)nn2-c2cc(C)c3ccccc3n2)cc1. The number of pyridine rings is 1. The lowest BCUT2D eigenvalue weighted by Crippen LogP contribution is -2.18. The molecule has 158 valence electrons. The zero-order chi connectivity index (χ0) is 21.8. The van der Waals surface area contributed by atoms with E-state index < -0.39 is 0 Å². The normalized spacial score (nSPS) is 10.9. The first kappa shape index (κ1) is 20.6. The second-order valence-electron chi connectivity index (χ2n) is 7.54. The molecule has 6 heteroatoms. The van der Waals surface area contributed by atoms with Crippen LogP contribution in [0.25, 0.3) is 16.7 Å². The maximum Gasteiger partial charge on any atom is 0.228 e. The van der Waals surface area contributed by atoms with Gasteiger partial charge in [0.05, 0.1) is 24.2 Å². The molecule has 0 atom stereocenters. The number of rotatable bonds is 7. The average molecular weight is 415 g/mol. The lowest BCUT2D eigenvalue weighted by atomic mass is 10.1. The van der Waals surface area contributed by atoms with Crippen LogP contribution in [-0.4, -0.2) is 27.3 Å². The molecule has 31 heavy (non-hydrogen) atoms. The molecule has 0 aliphatic rings. The van der Waals surface area contributed by atoms with Crippen LogP contribution in [0.5, 0.6) is 5.75 Å². The predicted molar refractivity (Wildman–Crippen MR) is 123 cm³/mol. The van der Waals surface area contributed by atoms with Crippen molar-refractivity contribution in [2.24, 2.45) is 0 Å². The van der Waals surface area contributed by atoms with Gasteiger partial charge in [0, 0.05) is 11.5 Å². The molecular weight excluding hydrogens is 388 g/mol. The largest absolute Gasteiger partial charge is 0.493 e. The van der Waals surface area contributed by atoms with Crippen LogP contribution in [0.1, 0.15) is 30.2 Å². The zero-order valence-corrected chi connectivity index (χ0v) is 18.1. The molecule has 0 spiro atoms. The molecule has 0 aliphatic carbocycles. The fraction of sp³-hybridized carbons (Fsp3) is 0.240. The van der Waals surface area contributed by atoms with Crippen molar-refractivity contribution in [3.05, 3.63) is 77.5 Å². The minimum absolute atomic E-state index is 0.135. The summed E-state index contributed by atoms with van der Waals surface area (Å²) >= 11 is 0. The quantitative estimate of drug-likeness (QED) is 0.462. The van der Waals surface area contributed by atoms with Gasteiger partial charge in [-0.15, -0.1) is 0 Å². The summed E-state index contributed by atoms with van der Waals surface area (Å²) in [6.45, 7) is 6.36. The molecule has 2 aromatic carbocycles. The van der Waals surface area contributed by atoms with Gasteiger partial charge in [0.2, 0.25) is 5.91 Å². The number of para-hydroxylation sites is 1. The van der Waals surface area contributed by atoms with E-state index in [1.165, 1.54) is 5.56 Å². The van der Waals surface area contributed by atoms with E-state index in [4.69, 9.17) is 9.72 Å². The number of carbonyl (C=O) groups is 1. The number of amides is 1. The molecule has 0 aliphatic heterocycles. The molecule has 6 nitrogen and oxygen atoms in total. The second kappa shape index (κ2) is 9.00. The number of nitrogens with zero attached hydrogens (tertiary/aromatic N) is 3. The molecule has 0 fully saturated rings. The Morgan fingerprint density at radius 1 is 1.06 bits per heavy atom. The van der Waals surface area contributed by atoms with Gasteiger partial charge in [-0.2, -0.15) is 9.78 Å². The smallest absolute Gasteiger partial charge is 0.228 e. The van der Waals surface area contributed by atoms with Gasteiger partial charge in [0.15, 0.2) is 5.82 Å². The lowest BCUT2D eigenvalue weighted by Gasteiger charge is -2.11. The van der Waals surface area contributed by atoms with Crippen LogP contribution in [0.15, 0.2) is 60.7 Å². The van der Waals surface area contributed by atoms with Gasteiger partial charge in [0.1, 0.15) is 11.6 Å². The van der Waals surface area contributed by atoms with E-state index in [0.29, 0.717) is 18.2 Å². The van der Waals surface area contributed by atoms with Crippen LogP contribution in [0.2, 0.25) is 0 Å². The van der Waals surface area contributed by atoms with Crippen molar-refractivity contribution in [3.63, 3.8) is 0 Å². The van der Waals surface area contributed by atoms with Crippen molar-refractivity contribution < 1.29 is 9.53 Å². The number of ether oxygens (including phenoxy) is 1. The Bertz CT molecular complexity index is 1210. The van der Waals surface area contributed by atoms with E-state index in [1.54, 1.807) is 4.68 Å². The highest BCUT2D eigenvalue weighted by atomic mass is 16.5. The van der Waals surface area contributed by atoms with Gasteiger partial charge >= 0.3 is 0 Å². The van der Waals surface area contributed by atoms with Crippen molar-refractivity contribution in [3.8, 4) is 11.6 Å². The van der Waals surface area contributed by atoms with E-state index in [0.717, 1.165) is 34.3 Å². The fourth-order valence-corrected chi connectivity index (χ4v) is 3.49. The van der Waals surface area contributed by atoms with Crippen molar-refractivity contribution >= 4 is 22.6 Å². The summed E-state index contributed by atoms with van der Waals surface area (Å²) < 4.78 is 7.38. The molecule has 2 heterocycles. The van der Waals surface area contributed by atoms with Crippen LogP contribution in [-0.2, 0) is 11.2 Å². The van der Waals surface area contributed by atoms with Crippen molar-refractivity contribution in [1.82, 2.24) is 14.8 Å². The lowest BCUT2D eigenvalue weighted by molar-refractivity contribution is -0.116. The molecule has 1 amide bonds. The molecule has 4 aromatic rings. The summed E-state index contributed by atoms with van der Waals surface area (Å²) in [5.41, 5.74) is 4.06. The first-order chi connectivity index (χ1) is 15.0. The summed E-state index contributed by atoms with van der Waals surface area (Å²) in [6.07, 6.45) is 1.23. The molecular formula is C25H26N4O2. The number of aromatic nitrogens is 3. The summed E-state index contributed by atoms with van der Waals surface area (Å²) in [7, 11) is 0. The number of hydrogen-bond donors (Lipinski definition) is 1. The maximum atomic E-state index is 12.5. The Balaban J connectivity index is 1.45. The van der Waals surface area contributed by atoms with Crippen LogP contribution in [0.3, 0.4) is 0 Å². The molecule has 0 saturated carbocycles. The number of aryl methyl sites for hydroxylation is 3. The number of benzene rings is 2. The number of carbonyl (C=O) groups excluding carboxylic acids is 1. The Labute approximate surface area is 181 Å². The Hall–Kier alpha value is -3.67. The zero-order valence-electron chi connectivity index (χ0n) is 18.1. The first-order valence-corrected chi connectivity index (χ1v) is 10.5. The molecule has 0 unspecified atom stereocenters. The summed E-state index contributed by atoms with van der Waals surface area (Å²) in [5, 5.41) is 8.58. The summed E-state index contributed by atoms with van der Waals surface area (Å²) in [4.78, 5) is 17.3. The van der Waals surface area contributed by atoms with Crippen molar-refractivity contribution in [2.75, 3.05) is 11.9 Å². The monoisotopic (exact) mass is 414 g/mol. The minimum Gasteiger partial charge on any atom is -0.493 e. The third-order valence-corrected chi connectivity index (χ3v) is 5.15. The second-order valence-corrected chi connectivity index (χ2v) is 7.54. The molecule has 0 saturated heterocycles. The third-order valence-electron chi connectivity index (χ3n) is 5.15. The number of fused-ring (bicyclic) bond motifs is 1. The third kappa shape index (κ3) is 4.74. The van der Waals surface area contributed by atoms with E-state index in [9.17, 15) is 4.79 Å². The highest BCUT2D eigenvalue weighted by Crippen LogP contribution is 2.22. The molecule has 1 N–H and O–H groups in total. The van der Waals surface area contributed by atoms with Gasteiger partial charge in [-0.3, -0.25) is 4.79 Å². The Morgan fingerprint density at radius 3 is 2.61 bits per heavy atom. The van der Waals surface area contributed by atoms with Gasteiger partial charge in [-0.25, -0.2) is 4.98 Å². The van der Waals surface area contributed by atoms with E-state index in [-0.39, 0.29) is 12.3 Å². The van der Waals surface area contributed by atoms with Gasteiger partial charge in [-0.05, 0) is 55.7 Å². The molecule has 0 bridgehead atoms. The highest BCUT2D eigenvalue weighted by molar-refractivity contribution is 5.90. The van der Waals surface area contributed by atoms with E-state index in [2.05, 4.69) is 17.3 Å². The van der Waals surface area contributed by atoms with Gasteiger partial charge in [0.25, 0.3) is 0 Å². The van der Waals surface area contributed by atoms with Crippen molar-refractivity contribution in [2.45, 2.75) is 33.6 Å². The predicted octanol–water partition coefficient (Wildman–Crippen LogP) is 5.01. The minimum atomic E-state index is -0.135. The number of nitrogens with one attached hydrogen (secondary N) is 1. The van der Waals surface area contributed by atoms with Crippen LogP contribution >= 0.6 is 0 Å². The Kier molecular flexibility index (Phi) is 5.98. The molecule has 0 radical (unpaired) electrons. The van der Waals surface area contributed by atoms with E-state index >= 15 is 0 Å². The standard InChI is InChI=1S/C25H26N4O2/c1-4-19-9-11-20(12-10-19)31-14-13-25(30)27-24-16-18(3)28-29(24)23-15-17(2)21-7-5-6-8-22(21)26-23/h5-12,15-16H,4,13-14H2,1-3H3,(H,27,30). The number of anilines is 1. The molecule has 4 rings (SSSR count). The topological polar surface area (TPSA) is 69.0 Å². The van der Waals surface area contributed by atoms with Crippen LogP contribution < -0.4 is 10.1 Å². The van der Waals surface area contributed by atoms with Crippen LogP contribution in [0.4, 0.5) is 5.82 Å². The molecule has 2 aromatic heterocycles. The van der Waals surface area contributed by atoms with Crippen molar-refractivity contribution in [1.29, 1.82) is 0 Å². The first-order valence-electron chi connectivity index (χ1n) is 10.5. The fourth-order valence-electron chi connectivity index (χ4n) is 3.49. The van der Waals surface area contributed by atoms with Gasteiger partial charge in [-0.1, -0.05) is 37.3 Å². The summed E-state index contributed by atoms with van der Waals surface area (Å²) in [5.74, 6) is 1.90. The highest BCUT2D eigenvalue weighted by Gasteiger charge is 2.13. The average Bonchev–Trinajstić information content (AvgIpc) is 3.14. The van der Waals surface area contributed by atoms with Crippen LogP contribution in [0, 0.1) is 13.8 Å². The summed E-state index contributed by atoms with van der Waals surface area (Å²) in [6, 6.07) is 19.8. The Morgan fingerprint density at radius 2 is 1.84 bits per heavy atom. The maximum absolute atomic E-state index is 12.5. The number of hydrogen-bond acceptors (Lipinski definition) is 4. The van der Waals surface area contributed by atoms with Gasteiger partial charge < -0.3 is 10.1 Å².